The normalized spacial score (nSPS) is 29.0. The third-order valence-corrected chi connectivity index (χ3v) is 13.9. The number of phenolic OH excluding ortho intramolecular Hbond substituents is 2. The highest BCUT2D eigenvalue weighted by molar-refractivity contribution is 8.08. The van der Waals surface area contributed by atoms with Crippen molar-refractivity contribution < 1.29 is 48.2 Å². The third-order valence-electron chi connectivity index (χ3n) is 12.6. The highest BCUT2D eigenvalue weighted by atomic mass is 32.2. The second-order valence-electron chi connectivity index (χ2n) is 15.2. The number of nitrogens with zero attached hydrogens (tertiary/aromatic N) is 3. The van der Waals surface area contributed by atoms with Crippen molar-refractivity contribution in [1.82, 2.24) is 15.1 Å². The number of piperazine rings is 1. The molecule has 284 valence electrons. The van der Waals surface area contributed by atoms with Crippen LogP contribution in [0.1, 0.15) is 69.4 Å². The molecule has 1 spiro atoms. The first-order valence-corrected chi connectivity index (χ1v) is 19.1. The minimum absolute atomic E-state index is 0.000525. The number of nitriles is 1. The number of esters is 2. The summed E-state index contributed by atoms with van der Waals surface area (Å²) in [5.41, 5.74) is 3.55. The molecule has 8 aliphatic rings. The lowest BCUT2D eigenvalue weighted by atomic mass is 9.82. The smallest absolute Gasteiger partial charge is 0.331 e. The van der Waals surface area contributed by atoms with Crippen molar-refractivity contribution in [1.29, 1.82) is 5.26 Å². The number of ether oxygens (including phenoxy) is 6. The summed E-state index contributed by atoms with van der Waals surface area (Å²) in [5.74, 6) is 0.364. The van der Waals surface area contributed by atoms with E-state index >= 15 is 0 Å². The number of benzene rings is 3. The molecule has 2 fully saturated rings. The number of hydrogen-bond acceptors (Lipinski definition) is 15. The van der Waals surface area contributed by atoms with Gasteiger partial charge in [-0.3, -0.25) is 15.0 Å². The quantitative estimate of drug-likeness (QED) is 0.256. The van der Waals surface area contributed by atoms with E-state index in [-0.39, 0.29) is 54.1 Å². The topological polar surface area (TPSA) is 172 Å². The number of thioether (sulfide) groups is 1. The molecule has 7 aliphatic heterocycles. The van der Waals surface area contributed by atoms with Crippen molar-refractivity contribution in [3.63, 3.8) is 0 Å². The highest BCUT2D eigenvalue weighted by Crippen LogP contribution is 2.75. The average Bonchev–Trinajstić information content (AvgIpc) is 3.65. The molecule has 3 aromatic carbocycles. The summed E-state index contributed by atoms with van der Waals surface area (Å²) in [5, 5.41) is 37.8. The lowest BCUT2D eigenvalue weighted by Gasteiger charge is -2.52. The Hall–Kier alpha value is -5.30. The number of carbonyl (C=O) groups excluding carboxylic acids is 2. The van der Waals surface area contributed by atoms with Crippen molar-refractivity contribution in [2.75, 3.05) is 47.0 Å². The monoisotopic (exact) mass is 766 g/mol. The minimum Gasteiger partial charge on any atom is -0.504 e. The Morgan fingerprint density at radius 1 is 1.09 bits per heavy atom. The molecule has 6 atom stereocenters. The molecule has 2 unspecified atom stereocenters. The molecule has 55 heavy (non-hydrogen) atoms. The SMILES string of the molecule is COc1cc2c(cc1O)CCN[C@]21CSC2=C3C4c5c(cc(C)c(OC)c5O)C5[C@H](N4C)[C@]5(C#N)N3[C@@H](COC1=O)c1c3c(c(C)c(OC(C)=O)c12)OCO3. The summed E-state index contributed by atoms with van der Waals surface area (Å²) in [4.78, 5) is 32.6. The molecule has 3 aromatic rings. The largest absolute Gasteiger partial charge is 0.504 e. The Bertz CT molecular complexity index is 2390. The molecule has 1 aliphatic carbocycles. The zero-order chi connectivity index (χ0) is 38.5. The zero-order valence-corrected chi connectivity index (χ0v) is 31.8. The van der Waals surface area contributed by atoms with E-state index in [0.29, 0.717) is 68.6 Å². The summed E-state index contributed by atoms with van der Waals surface area (Å²) in [7, 11) is 4.95. The average molecular weight is 767 g/mol. The van der Waals surface area contributed by atoms with Gasteiger partial charge in [0, 0.05) is 52.3 Å². The predicted molar refractivity (Wildman–Crippen MR) is 196 cm³/mol. The van der Waals surface area contributed by atoms with Gasteiger partial charge >= 0.3 is 11.9 Å². The van der Waals surface area contributed by atoms with Gasteiger partial charge in [0.25, 0.3) is 0 Å². The van der Waals surface area contributed by atoms with Crippen LogP contribution in [0.25, 0.3) is 4.91 Å². The van der Waals surface area contributed by atoms with E-state index in [9.17, 15) is 25.1 Å². The van der Waals surface area contributed by atoms with E-state index in [1.54, 1.807) is 12.1 Å². The zero-order valence-electron chi connectivity index (χ0n) is 31.0. The van der Waals surface area contributed by atoms with E-state index in [1.807, 2.05) is 27.0 Å². The lowest BCUT2D eigenvalue weighted by Crippen LogP contribution is -2.58. The molecule has 4 bridgehead atoms. The summed E-state index contributed by atoms with van der Waals surface area (Å²) in [6, 6.07) is 6.41. The molecule has 1 saturated heterocycles. The summed E-state index contributed by atoms with van der Waals surface area (Å²) < 4.78 is 36.1. The fraction of sp³-hybridized carbons (Fsp3) is 0.425. The Balaban J connectivity index is 1.31. The van der Waals surface area contributed by atoms with E-state index in [2.05, 4.69) is 21.2 Å². The maximum absolute atomic E-state index is 14.8. The number of methoxy groups -OCH3 is 2. The van der Waals surface area contributed by atoms with Gasteiger partial charge in [0.15, 0.2) is 45.6 Å². The van der Waals surface area contributed by atoms with Gasteiger partial charge < -0.3 is 43.5 Å². The second kappa shape index (κ2) is 11.4. The van der Waals surface area contributed by atoms with Crippen LogP contribution in [0.2, 0.25) is 0 Å². The molecular formula is C40H38N4O10S. The summed E-state index contributed by atoms with van der Waals surface area (Å²) >= 11 is 1.37. The molecule has 1 saturated carbocycles. The van der Waals surface area contributed by atoms with Crippen LogP contribution in [0, 0.1) is 25.2 Å². The number of nitrogens with one attached hydrogen (secondary N) is 1. The highest BCUT2D eigenvalue weighted by Gasteiger charge is 2.80. The third kappa shape index (κ3) is 4.06. The fourth-order valence-electron chi connectivity index (χ4n) is 10.5. The number of likely N-dealkylation sites (N-methyl/N-ethyl adjacent to an activating group) is 1. The Kier molecular flexibility index (Phi) is 7.07. The number of fused-ring (bicyclic) bond motifs is 10. The van der Waals surface area contributed by atoms with Crippen LogP contribution in [0.4, 0.5) is 0 Å². The van der Waals surface area contributed by atoms with Crippen molar-refractivity contribution in [3.8, 4) is 46.3 Å². The van der Waals surface area contributed by atoms with Gasteiger partial charge in [-0.15, -0.1) is 11.8 Å². The first kappa shape index (κ1) is 34.2. The number of phenols is 2. The Morgan fingerprint density at radius 3 is 2.60 bits per heavy atom. The van der Waals surface area contributed by atoms with Crippen LogP contribution < -0.4 is 29.0 Å². The molecule has 0 amide bonds. The molecular weight excluding hydrogens is 729 g/mol. The second-order valence-corrected chi connectivity index (χ2v) is 16.1. The van der Waals surface area contributed by atoms with E-state index in [1.165, 1.54) is 32.9 Å². The van der Waals surface area contributed by atoms with Gasteiger partial charge in [0.1, 0.15) is 12.4 Å². The van der Waals surface area contributed by atoms with Crippen LogP contribution in [0.3, 0.4) is 0 Å². The number of aromatic hydroxyl groups is 2. The number of rotatable bonds is 3. The molecule has 3 N–H and O–H groups in total. The van der Waals surface area contributed by atoms with E-state index in [0.717, 1.165) is 16.7 Å². The van der Waals surface area contributed by atoms with Crippen molar-refractivity contribution in [2.45, 2.75) is 62.3 Å². The Labute approximate surface area is 320 Å². The number of aryl methyl sites for hydroxylation is 1. The minimum atomic E-state index is -1.39. The summed E-state index contributed by atoms with van der Waals surface area (Å²) in [6.45, 7) is 5.18. The number of hydrogen-bond donors (Lipinski definition) is 3. The van der Waals surface area contributed by atoms with Crippen molar-refractivity contribution in [3.05, 3.63) is 68.4 Å². The Morgan fingerprint density at radius 2 is 1.87 bits per heavy atom. The van der Waals surface area contributed by atoms with Gasteiger partial charge in [0.05, 0.1) is 44.1 Å². The molecule has 15 heteroatoms. The van der Waals surface area contributed by atoms with Gasteiger partial charge in [0.2, 0.25) is 6.79 Å². The fourth-order valence-corrected chi connectivity index (χ4v) is 11.9. The van der Waals surface area contributed by atoms with Gasteiger partial charge in [-0.05, 0) is 61.7 Å². The van der Waals surface area contributed by atoms with E-state index < -0.39 is 35.1 Å². The standard InChI is InChI=1S/C40H38N4O10S/c1-16-9-20-25(31(47)32(16)50-6)29-30-36-27-26(35-34(52-15-53-35)17(2)33(27)54-18(3)45)22(44(30)40(13-41)28(20)37(40)43(29)4)12-51-38(48)39(14-55-36)21-11-24(49-5)23(46)10-19(21)7-8-42-39/h9-11,22,28-29,37,42,46-47H,7-8,12,14-15H2,1-6H3/t22-,28?,29?,37-,39+,40+/m0/s1. The maximum Gasteiger partial charge on any atom is 0.331 e. The summed E-state index contributed by atoms with van der Waals surface area (Å²) in [6.07, 6.45) is 0.552. The number of carbonyl (C=O) groups is 2. The van der Waals surface area contributed by atoms with Crippen LogP contribution in [0.5, 0.6) is 40.2 Å². The van der Waals surface area contributed by atoms with Crippen LogP contribution in [-0.2, 0) is 26.3 Å². The van der Waals surface area contributed by atoms with Gasteiger partial charge in [-0.2, -0.15) is 5.26 Å². The molecule has 0 aromatic heterocycles. The maximum atomic E-state index is 14.8. The predicted octanol–water partition coefficient (Wildman–Crippen LogP) is 4.17. The van der Waals surface area contributed by atoms with Crippen LogP contribution in [-0.4, -0.2) is 90.5 Å². The van der Waals surface area contributed by atoms with Crippen LogP contribution in [0.15, 0.2) is 23.9 Å². The molecule has 0 radical (unpaired) electrons. The lowest BCUT2D eigenvalue weighted by molar-refractivity contribution is -0.154. The van der Waals surface area contributed by atoms with Crippen LogP contribution >= 0.6 is 11.8 Å². The van der Waals surface area contributed by atoms with E-state index in [4.69, 9.17) is 28.4 Å². The first-order chi connectivity index (χ1) is 26.4. The van der Waals surface area contributed by atoms with Gasteiger partial charge in [-0.25, -0.2) is 4.79 Å². The first-order valence-electron chi connectivity index (χ1n) is 18.1. The molecule has 11 rings (SSSR count). The van der Waals surface area contributed by atoms with Crippen molar-refractivity contribution in [2.24, 2.45) is 0 Å². The van der Waals surface area contributed by atoms with Crippen molar-refractivity contribution >= 4 is 28.6 Å². The molecule has 7 heterocycles. The van der Waals surface area contributed by atoms with Gasteiger partial charge in [-0.1, -0.05) is 6.07 Å². The molecule has 14 nitrogen and oxygen atoms in total.